The number of sulfonamides is 1. The predicted octanol–water partition coefficient (Wildman–Crippen LogP) is 0.492. The molecule has 6 heteroatoms. The van der Waals surface area contributed by atoms with E-state index in [1.54, 1.807) is 13.8 Å². The van der Waals surface area contributed by atoms with Crippen molar-refractivity contribution in [3.8, 4) is 6.07 Å². The minimum atomic E-state index is -3.56. The summed E-state index contributed by atoms with van der Waals surface area (Å²) in [5.41, 5.74) is 6.47. The Morgan fingerprint density at radius 3 is 2.65 bits per heavy atom. The molecule has 3 N–H and O–H groups in total. The number of nitrogens with two attached hydrogens (primary N) is 1. The highest BCUT2D eigenvalue weighted by Gasteiger charge is 2.17. The Morgan fingerprint density at radius 1 is 1.53 bits per heavy atom. The molecule has 92 valence electrons. The quantitative estimate of drug-likeness (QED) is 0.816. The molecule has 0 aliphatic rings. The number of rotatable bonds is 4. The summed E-state index contributed by atoms with van der Waals surface area (Å²) in [4.78, 5) is 0.147. The van der Waals surface area contributed by atoms with E-state index in [9.17, 15) is 8.42 Å². The van der Waals surface area contributed by atoms with Crippen LogP contribution in [-0.2, 0) is 10.0 Å². The third kappa shape index (κ3) is 3.27. The number of hydrogen-bond donors (Lipinski definition) is 2. The Morgan fingerprint density at radius 2 is 2.18 bits per heavy atom. The number of benzene rings is 1. The molecule has 0 heterocycles. The van der Waals surface area contributed by atoms with Crippen molar-refractivity contribution in [3.63, 3.8) is 0 Å². The first-order valence-electron chi connectivity index (χ1n) is 5.14. The van der Waals surface area contributed by atoms with Gasteiger partial charge in [-0.15, -0.1) is 0 Å². The first-order chi connectivity index (χ1) is 7.90. The Balaban J connectivity index is 3.09. The standard InChI is InChI=1S/C11H15N3O2S/c1-8-5-11(4-3-10(8)7-13)17(15,16)14-9(2)6-12/h3-5,9,14H,6,12H2,1-2H3/t9-/m1/s1. The van der Waals surface area contributed by atoms with Crippen molar-refractivity contribution in [1.29, 1.82) is 5.26 Å². The highest BCUT2D eigenvalue weighted by atomic mass is 32.2. The lowest BCUT2D eigenvalue weighted by Gasteiger charge is -2.12. The van der Waals surface area contributed by atoms with Gasteiger partial charge in [-0.25, -0.2) is 13.1 Å². The summed E-state index contributed by atoms with van der Waals surface area (Å²) in [6.07, 6.45) is 0. The molecule has 0 saturated heterocycles. The molecule has 0 fully saturated rings. The molecular formula is C11H15N3O2S. The normalized spacial score (nSPS) is 13.1. The number of nitrogens with one attached hydrogen (secondary N) is 1. The maximum Gasteiger partial charge on any atom is 0.240 e. The molecule has 0 radical (unpaired) electrons. The molecule has 0 unspecified atom stereocenters. The fourth-order valence-corrected chi connectivity index (χ4v) is 2.65. The average Bonchev–Trinajstić information content (AvgIpc) is 2.28. The Hall–Kier alpha value is -1.42. The van der Waals surface area contributed by atoms with Crippen molar-refractivity contribution in [2.45, 2.75) is 24.8 Å². The van der Waals surface area contributed by atoms with E-state index in [1.165, 1.54) is 18.2 Å². The zero-order chi connectivity index (χ0) is 13.1. The summed E-state index contributed by atoms with van der Waals surface area (Å²) in [6, 6.07) is 6.05. The summed E-state index contributed by atoms with van der Waals surface area (Å²) >= 11 is 0. The fourth-order valence-electron chi connectivity index (χ4n) is 1.31. The monoisotopic (exact) mass is 253 g/mol. The molecule has 1 atom stereocenters. The van der Waals surface area contributed by atoms with Gasteiger partial charge in [-0.3, -0.25) is 0 Å². The van der Waals surface area contributed by atoms with Crippen molar-refractivity contribution in [2.24, 2.45) is 5.73 Å². The first-order valence-corrected chi connectivity index (χ1v) is 6.62. The molecule has 0 amide bonds. The van der Waals surface area contributed by atoms with E-state index in [-0.39, 0.29) is 17.5 Å². The van der Waals surface area contributed by atoms with E-state index in [4.69, 9.17) is 11.0 Å². The molecule has 0 bridgehead atoms. The van der Waals surface area contributed by atoms with Crippen LogP contribution in [0.4, 0.5) is 0 Å². The van der Waals surface area contributed by atoms with Crippen LogP contribution in [0.1, 0.15) is 18.1 Å². The third-order valence-electron chi connectivity index (χ3n) is 2.34. The van der Waals surface area contributed by atoms with E-state index < -0.39 is 10.0 Å². The largest absolute Gasteiger partial charge is 0.329 e. The molecule has 0 aliphatic carbocycles. The van der Waals surface area contributed by atoms with Gasteiger partial charge >= 0.3 is 0 Å². The Labute approximate surface area is 101 Å². The molecule has 0 aromatic heterocycles. The third-order valence-corrected chi connectivity index (χ3v) is 3.93. The van der Waals surface area contributed by atoms with E-state index in [2.05, 4.69) is 4.72 Å². The fraction of sp³-hybridized carbons (Fsp3) is 0.364. The topological polar surface area (TPSA) is 96.0 Å². The van der Waals surface area contributed by atoms with Gasteiger partial charge in [0.1, 0.15) is 0 Å². The smallest absolute Gasteiger partial charge is 0.240 e. The van der Waals surface area contributed by atoms with Crippen LogP contribution in [0.5, 0.6) is 0 Å². The van der Waals surface area contributed by atoms with Gasteiger partial charge in [0.2, 0.25) is 10.0 Å². The van der Waals surface area contributed by atoms with Gasteiger partial charge in [0, 0.05) is 12.6 Å². The number of hydrogen-bond acceptors (Lipinski definition) is 4. The Bertz CT molecular complexity index is 546. The molecular weight excluding hydrogens is 238 g/mol. The maximum atomic E-state index is 11.9. The first kappa shape index (κ1) is 13.6. The van der Waals surface area contributed by atoms with Crippen LogP contribution in [0.25, 0.3) is 0 Å². The lowest BCUT2D eigenvalue weighted by atomic mass is 10.1. The SMILES string of the molecule is Cc1cc(S(=O)(=O)N[C@H](C)CN)ccc1C#N. The zero-order valence-electron chi connectivity index (χ0n) is 9.77. The lowest BCUT2D eigenvalue weighted by Crippen LogP contribution is -2.37. The van der Waals surface area contributed by atoms with E-state index in [0.717, 1.165) is 0 Å². The number of nitrogens with zero attached hydrogens (tertiary/aromatic N) is 1. The van der Waals surface area contributed by atoms with Crippen LogP contribution in [0.15, 0.2) is 23.1 Å². The summed E-state index contributed by atoms with van der Waals surface area (Å²) in [7, 11) is -3.56. The highest BCUT2D eigenvalue weighted by Crippen LogP contribution is 2.14. The van der Waals surface area contributed by atoms with Crippen LogP contribution in [0, 0.1) is 18.3 Å². The molecule has 1 aromatic carbocycles. The summed E-state index contributed by atoms with van der Waals surface area (Å²) in [6.45, 7) is 3.62. The highest BCUT2D eigenvalue weighted by molar-refractivity contribution is 7.89. The van der Waals surface area contributed by atoms with Gasteiger partial charge in [0.25, 0.3) is 0 Å². The molecule has 5 nitrogen and oxygen atoms in total. The predicted molar refractivity (Wildman–Crippen MR) is 64.7 cm³/mol. The molecule has 17 heavy (non-hydrogen) atoms. The molecule has 0 saturated carbocycles. The van der Waals surface area contributed by atoms with Crippen molar-refractivity contribution >= 4 is 10.0 Å². The van der Waals surface area contributed by atoms with E-state index in [1.807, 2.05) is 6.07 Å². The van der Waals surface area contributed by atoms with Crippen LogP contribution < -0.4 is 10.5 Å². The van der Waals surface area contributed by atoms with Crippen LogP contribution in [0.3, 0.4) is 0 Å². The summed E-state index contributed by atoms with van der Waals surface area (Å²) < 4.78 is 26.3. The van der Waals surface area contributed by atoms with Crippen LogP contribution in [0.2, 0.25) is 0 Å². The number of nitriles is 1. The van der Waals surface area contributed by atoms with Crippen LogP contribution in [-0.4, -0.2) is 21.0 Å². The van der Waals surface area contributed by atoms with Gasteiger partial charge in [-0.05, 0) is 37.6 Å². The van der Waals surface area contributed by atoms with Crippen molar-refractivity contribution in [1.82, 2.24) is 4.72 Å². The molecule has 0 aliphatic heterocycles. The second kappa shape index (κ2) is 5.27. The van der Waals surface area contributed by atoms with E-state index in [0.29, 0.717) is 11.1 Å². The summed E-state index contributed by atoms with van der Waals surface area (Å²) in [5, 5.41) is 8.76. The van der Waals surface area contributed by atoms with Crippen LogP contribution >= 0.6 is 0 Å². The van der Waals surface area contributed by atoms with E-state index >= 15 is 0 Å². The minimum absolute atomic E-state index is 0.147. The maximum absolute atomic E-state index is 11.9. The Kier molecular flexibility index (Phi) is 4.23. The lowest BCUT2D eigenvalue weighted by molar-refractivity contribution is 0.562. The second-order valence-corrected chi connectivity index (χ2v) is 5.56. The van der Waals surface area contributed by atoms with Gasteiger partial charge in [0.05, 0.1) is 16.5 Å². The van der Waals surface area contributed by atoms with Crippen molar-refractivity contribution < 1.29 is 8.42 Å². The molecule has 1 aromatic rings. The van der Waals surface area contributed by atoms with Crippen molar-refractivity contribution in [3.05, 3.63) is 29.3 Å². The van der Waals surface area contributed by atoms with Gasteiger partial charge in [0.15, 0.2) is 0 Å². The average molecular weight is 253 g/mol. The molecule has 1 rings (SSSR count). The van der Waals surface area contributed by atoms with Gasteiger partial charge in [-0.2, -0.15) is 5.26 Å². The molecule has 0 spiro atoms. The summed E-state index contributed by atoms with van der Waals surface area (Å²) in [5.74, 6) is 0. The van der Waals surface area contributed by atoms with Crippen molar-refractivity contribution in [2.75, 3.05) is 6.54 Å². The zero-order valence-corrected chi connectivity index (χ0v) is 10.6. The number of aryl methyl sites for hydroxylation is 1. The minimum Gasteiger partial charge on any atom is -0.329 e. The second-order valence-electron chi connectivity index (χ2n) is 3.85. The van der Waals surface area contributed by atoms with Gasteiger partial charge < -0.3 is 5.73 Å². The van der Waals surface area contributed by atoms with Gasteiger partial charge in [-0.1, -0.05) is 0 Å².